The van der Waals surface area contributed by atoms with Gasteiger partial charge in [-0.15, -0.1) is 0 Å². The zero-order chi connectivity index (χ0) is 12.0. The van der Waals surface area contributed by atoms with Gasteiger partial charge >= 0.3 is 5.97 Å². The van der Waals surface area contributed by atoms with E-state index in [0.29, 0.717) is 17.1 Å². The first-order valence-electron chi connectivity index (χ1n) is 4.52. The largest absolute Gasteiger partial charge is 0.497 e. The summed E-state index contributed by atoms with van der Waals surface area (Å²) in [6, 6.07) is 5.14. The van der Waals surface area contributed by atoms with Crippen molar-refractivity contribution >= 4 is 5.97 Å². The molecule has 0 spiro atoms. The fourth-order valence-electron chi connectivity index (χ4n) is 1.05. The van der Waals surface area contributed by atoms with Crippen molar-refractivity contribution in [2.45, 2.75) is 0 Å². The Kier molecular flexibility index (Phi) is 4.22. The molecule has 1 aromatic rings. The van der Waals surface area contributed by atoms with Crippen LogP contribution in [0.1, 0.15) is 5.56 Å². The van der Waals surface area contributed by atoms with Crippen LogP contribution in [0, 0.1) is 11.8 Å². The summed E-state index contributed by atoms with van der Waals surface area (Å²) in [7, 11) is 4.38. The molecule has 4 heteroatoms. The van der Waals surface area contributed by atoms with Crippen LogP contribution in [-0.2, 0) is 9.53 Å². The van der Waals surface area contributed by atoms with Crippen molar-refractivity contribution in [1.82, 2.24) is 0 Å². The number of benzene rings is 1. The summed E-state index contributed by atoms with van der Waals surface area (Å²) in [4.78, 5) is 10.8. The van der Waals surface area contributed by atoms with Gasteiger partial charge in [0, 0.05) is 17.6 Å². The van der Waals surface area contributed by atoms with Crippen molar-refractivity contribution in [3.8, 4) is 23.3 Å². The highest BCUT2D eigenvalue weighted by molar-refractivity contribution is 5.89. The molecule has 0 aromatic heterocycles. The van der Waals surface area contributed by atoms with Gasteiger partial charge in [-0.25, -0.2) is 4.79 Å². The molecule has 0 unspecified atom stereocenters. The van der Waals surface area contributed by atoms with E-state index in [1.54, 1.807) is 32.4 Å². The molecule has 0 aliphatic rings. The molecule has 4 nitrogen and oxygen atoms in total. The average molecular weight is 220 g/mol. The fraction of sp³-hybridized carbons (Fsp3) is 0.250. The Bertz CT molecular complexity index is 418. The Balaban J connectivity index is 3.02. The number of esters is 1. The highest BCUT2D eigenvalue weighted by Crippen LogP contribution is 2.21. The molecule has 84 valence electrons. The fourth-order valence-corrected chi connectivity index (χ4v) is 1.05. The maximum Gasteiger partial charge on any atom is 0.384 e. The smallest absolute Gasteiger partial charge is 0.384 e. The predicted molar refractivity (Wildman–Crippen MR) is 58.4 cm³/mol. The molecule has 16 heavy (non-hydrogen) atoms. The van der Waals surface area contributed by atoms with E-state index in [4.69, 9.17) is 9.47 Å². The third-order valence-corrected chi connectivity index (χ3v) is 1.85. The van der Waals surface area contributed by atoms with E-state index in [9.17, 15) is 4.79 Å². The van der Waals surface area contributed by atoms with E-state index < -0.39 is 5.97 Å². The molecule has 0 aliphatic heterocycles. The molecule has 0 bridgehead atoms. The van der Waals surface area contributed by atoms with Gasteiger partial charge in [0.2, 0.25) is 0 Å². The molecule has 0 heterocycles. The average Bonchev–Trinajstić information content (AvgIpc) is 2.35. The SMILES string of the molecule is COC(=O)C#Cc1cc(OC)cc(OC)c1. The molecule has 0 amide bonds. The summed E-state index contributed by atoms with van der Waals surface area (Å²) in [5.41, 5.74) is 0.626. The minimum atomic E-state index is -0.582. The summed E-state index contributed by atoms with van der Waals surface area (Å²) in [5.74, 6) is 5.65. The first-order chi connectivity index (χ1) is 7.69. The van der Waals surface area contributed by atoms with Crippen molar-refractivity contribution in [3.05, 3.63) is 23.8 Å². The number of carbonyl (C=O) groups is 1. The molecule has 1 rings (SSSR count). The van der Waals surface area contributed by atoms with Gasteiger partial charge in [0.05, 0.1) is 21.3 Å². The van der Waals surface area contributed by atoms with Crippen molar-refractivity contribution in [2.75, 3.05) is 21.3 Å². The third-order valence-electron chi connectivity index (χ3n) is 1.85. The van der Waals surface area contributed by atoms with E-state index in [1.165, 1.54) is 7.11 Å². The number of rotatable bonds is 2. The lowest BCUT2D eigenvalue weighted by atomic mass is 10.2. The third kappa shape index (κ3) is 3.21. The van der Waals surface area contributed by atoms with Crippen LogP contribution in [0.2, 0.25) is 0 Å². The van der Waals surface area contributed by atoms with Crippen LogP contribution in [-0.4, -0.2) is 27.3 Å². The number of ether oxygens (including phenoxy) is 3. The number of carbonyl (C=O) groups excluding carboxylic acids is 1. The number of hydrogen-bond donors (Lipinski definition) is 0. The van der Waals surface area contributed by atoms with Crippen molar-refractivity contribution in [3.63, 3.8) is 0 Å². The van der Waals surface area contributed by atoms with Gasteiger partial charge in [0.1, 0.15) is 11.5 Å². The monoisotopic (exact) mass is 220 g/mol. The molecule has 1 aromatic carbocycles. The van der Waals surface area contributed by atoms with Gasteiger partial charge in [0.25, 0.3) is 0 Å². The van der Waals surface area contributed by atoms with Crippen LogP contribution in [0.15, 0.2) is 18.2 Å². The Labute approximate surface area is 94.1 Å². The number of methoxy groups -OCH3 is 3. The highest BCUT2D eigenvalue weighted by Gasteiger charge is 2.00. The van der Waals surface area contributed by atoms with Gasteiger partial charge in [-0.2, -0.15) is 0 Å². The Morgan fingerprint density at radius 1 is 1.06 bits per heavy atom. The highest BCUT2D eigenvalue weighted by atomic mass is 16.5. The second-order valence-electron chi connectivity index (χ2n) is 2.84. The lowest BCUT2D eigenvalue weighted by Gasteiger charge is -2.04. The molecule has 0 fully saturated rings. The van der Waals surface area contributed by atoms with E-state index in [2.05, 4.69) is 16.6 Å². The van der Waals surface area contributed by atoms with Crippen molar-refractivity contribution in [1.29, 1.82) is 0 Å². The van der Waals surface area contributed by atoms with Crippen LogP contribution < -0.4 is 9.47 Å². The summed E-state index contributed by atoms with van der Waals surface area (Å²) >= 11 is 0. The zero-order valence-corrected chi connectivity index (χ0v) is 9.37. The Morgan fingerprint density at radius 3 is 2.06 bits per heavy atom. The first-order valence-corrected chi connectivity index (χ1v) is 4.52. The predicted octanol–water partition coefficient (Wildman–Crippen LogP) is 1.23. The summed E-state index contributed by atoms with van der Waals surface area (Å²) < 4.78 is 14.5. The summed E-state index contributed by atoms with van der Waals surface area (Å²) in [5, 5.41) is 0. The molecule has 0 radical (unpaired) electrons. The quantitative estimate of drug-likeness (QED) is 0.555. The second-order valence-corrected chi connectivity index (χ2v) is 2.84. The van der Waals surface area contributed by atoms with Crippen LogP contribution >= 0.6 is 0 Å². The van der Waals surface area contributed by atoms with Crippen LogP contribution in [0.5, 0.6) is 11.5 Å². The van der Waals surface area contributed by atoms with Gasteiger partial charge in [0.15, 0.2) is 0 Å². The molecule has 0 atom stereocenters. The second kappa shape index (κ2) is 5.66. The van der Waals surface area contributed by atoms with Crippen molar-refractivity contribution < 1.29 is 19.0 Å². The maximum absolute atomic E-state index is 10.8. The van der Waals surface area contributed by atoms with Gasteiger partial charge < -0.3 is 14.2 Å². The molecule has 0 aliphatic carbocycles. The maximum atomic E-state index is 10.8. The van der Waals surface area contributed by atoms with E-state index >= 15 is 0 Å². The zero-order valence-electron chi connectivity index (χ0n) is 9.37. The normalized spacial score (nSPS) is 8.69. The standard InChI is InChI=1S/C12H12O4/c1-14-10-6-9(4-5-12(13)16-3)7-11(8-10)15-2/h6-8H,1-3H3. The summed E-state index contributed by atoms with van der Waals surface area (Å²) in [6.45, 7) is 0. The van der Waals surface area contributed by atoms with E-state index in [-0.39, 0.29) is 0 Å². The molecule has 0 N–H and O–H groups in total. The molecule has 0 saturated heterocycles. The van der Waals surface area contributed by atoms with Gasteiger partial charge in [-0.3, -0.25) is 0 Å². The van der Waals surface area contributed by atoms with E-state index in [0.717, 1.165) is 0 Å². The molecular formula is C12H12O4. The summed E-state index contributed by atoms with van der Waals surface area (Å²) in [6.07, 6.45) is 0. The van der Waals surface area contributed by atoms with Crippen LogP contribution in [0.4, 0.5) is 0 Å². The Morgan fingerprint density at radius 2 is 1.62 bits per heavy atom. The minimum absolute atomic E-state index is 0.582. The molecular weight excluding hydrogens is 208 g/mol. The van der Waals surface area contributed by atoms with Crippen molar-refractivity contribution in [2.24, 2.45) is 0 Å². The van der Waals surface area contributed by atoms with Gasteiger partial charge in [-0.05, 0) is 12.1 Å². The lowest BCUT2D eigenvalue weighted by molar-refractivity contribution is -0.133. The van der Waals surface area contributed by atoms with Crippen LogP contribution in [0.25, 0.3) is 0 Å². The minimum Gasteiger partial charge on any atom is -0.497 e. The topological polar surface area (TPSA) is 44.8 Å². The Hall–Kier alpha value is -2.15. The first kappa shape index (κ1) is 11.9. The lowest BCUT2D eigenvalue weighted by Crippen LogP contribution is -1.94. The van der Waals surface area contributed by atoms with E-state index in [1.807, 2.05) is 0 Å². The van der Waals surface area contributed by atoms with Crippen LogP contribution in [0.3, 0.4) is 0 Å². The number of hydrogen-bond acceptors (Lipinski definition) is 4. The van der Waals surface area contributed by atoms with Gasteiger partial charge in [-0.1, -0.05) is 5.92 Å². The molecule has 0 saturated carbocycles.